The molecule has 0 fully saturated rings. The van der Waals surface area contributed by atoms with Crippen molar-refractivity contribution < 1.29 is 14.4 Å². The second-order valence-corrected chi connectivity index (χ2v) is 3.48. The number of carbonyl (C=O) groups excluding carboxylic acids is 1. The molecule has 1 aromatic heterocycles. The number of anilines is 2. The number of aromatic hydroxyl groups is 1. The van der Waals surface area contributed by atoms with Crippen molar-refractivity contribution in [3.8, 4) is 5.75 Å². The summed E-state index contributed by atoms with van der Waals surface area (Å²) in [6.07, 6.45) is 0. The molecular weight excluding hydrogens is 222 g/mol. The van der Waals surface area contributed by atoms with E-state index >= 15 is 0 Å². The molecule has 2 rings (SSSR count). The molecule has 17 heavy (non-hydrogen) atoms. The van der Waals surface area contributed by atoms with E-state index in [-0.39, 0.29) is 17.2 Å². The van der Waals surface area contributed by atoms with E-state index in [4.69, 9.17) is 5.73 Å². The van der Waals surface area contributed by atoms with Gasteiger partial charge in [0.05, 0.1) is 11.4 Å². The fourth-order valence-electron chi connectivity index (χ4n) is 1.43. The van der Waals surface area contributed by atoms with Crippen LogP contribution in [0.5, 0.6) is 5.75 Å². The second kappa shape index (κ2) is 4.17. The number of rotatable bonds is 2. The van der Waals surface area contributed by atoms with E-state index in [0.717, 1.165) is 0 Å². The molecule has 4 N–H and O–H groups in total. The monoisotopic (exact) mass is 233 g/mol. The fourth-order valence-corrected chi connectivity index (χ4v) is 1.43. The summed E-state index contributed by atoms with van der Waals surface area (Å²) in [7, 11) is 0. The number of carbonyl (C=O) groups is 1. The van der Waals surface area contributed by atoms with Gasteiger partial charge in [0, 0.05) is 0 Å². The van der Waals surface area contributed by atoms with Gasteiger partial charge in [-0.1, -0.05) is 17.3 Å². The van der Waals surface area contributed by atoms with Gasteiger partial charge >= 0.3 is 0 Å². The van der Waals surface area contributed by atoms with E-state index in [0.29, 0.717) is 11.4 Å². The minimum absolute atomic E-state index is 0.0199. The van der Waals surface area contributed by atoms with E-state index in [1.165, 1.54) is 6.07 Å². The Kier molecular flexibility index (Phi) is 2.70. The van der Waals surface area contributed by atoms with Crippen LogP contribution in [0.3, 0.4) is 0 Å². The molecule has 0 aliphatic carbocycles. The zero-order valence-corrected chi connectivity index (χ0v) is 9.10. The zero-order valence-electron chi connectivity index (χ0n) is 9.10. The molecule has 0 saturated carbocycles. The van der Waals surface area contributed by atoms with Gasteiger partial charge in [-0.15, -0.1) is 0 Å². The summed E-state index contributed by atoms with van der Waals surface area (Å²) in [5.74, 6) is -0.535. The molecule has 0 saturated heterocycles. The van der Waals surface area contributed by atoms with Crippen LogP contribution in [0.4, 0.5) is 11.6 Å². The third-order valence-corrected chi connectivity index (χ3v) is 2.27. The van der Waals surface area contributed by atoms with Crippen molar-refractivity contribution in [2.75, 3.05) is 11.1 Å². The average molecular weight is 233 g/mol. The predicted octanol–water partition coefficient (Wildman–Crippen LogP) is 1.52. The first kappa shape index (κ1) is 11.0. The van der Waals surface area contributed by atoms with Gasteiger partial charge in [-0.2, -0.15) is 0 Å². The Hall–Kier alpha value is -2.50. The van der Waals surface area contributed by atoms with Crippen molar-refractivity contribution in [3.05, 3.63) is 35.5 Å². The van der Waals surface area contributed by atoms with Gasteiger partial charge in [0.2, 0.25) is 5.88 Å². The molecule has 1 aromatic carbocycles. The Morgan fingerprint density at radius 1 is 1.47 bits per heavy atom. The number of aromatic nitrogens is 1. The number of nitrogens with zero attached hydrogens (tertiary/aromatic N) is 1. The second-order valence-electron chi connectivity index (χ2n) is 3.48. The summed E-state index contributed by atoms with van der Waals surface area (Å²) in [4.78, 5) is 11.9. The molecule has 1 amide bonds. The van der Waals surface area contributed by atoms with Crippen LogP contribution in [-0.2, 0) is 0 Å². The van der Waals surface area contributed by atoms with Crippen LogP contribution >= 0.6 is 0 Å². The number of nitrogen functional groups attached to an aromatic ring is 1. The molecule has 6 heteroatoms. The number of amides is 1. The van der Waals surface area contributed by atoms with Crippen molar-refractivity contribution in [2.24, 2.45) is 0 Å². The van der Waals surface area contributed by atoms with Gasteiger partial charge in [-0.25, -0.2) is 0 Å². The highest BCUT2D eigenvalue weighted by Gasteiger charge is 2.19. The van der Waals surface area contributed by atoms with Crippen LogP contribution < -0.4 is 11.1 Å². The third-order valence-electron chi connectivity index (χ3n) is 2.27. The number of benzene rings is 1. The number of phenolic OH excluding ortho intramolecular Hbond substituents is 1. The highest BCUT2D eigenvalue weighted by Crippen LogP contribution is 2.24. The normalized spacial score (nSPS) is 10.2. The topological polar surface area (TPSA) is 101 Å². The Bertz CT molecular complexity index is 543. The largest absolute Gasteiger partial charge is 0.506 e. The van der Waals surface area contributed by atoms with Crippen molar-refractivity contribution in [2.45, 2.75) is 6.92 Å². The Balaban J connectivity index is 2.27. The first-order valence-electron chi connectivity index (χ1n) is 4.90. The first-order valence-corrected chi connectivity index (χ1v) is 4.90. The van der Waals surface area contributed by atoms with E-state index < -0.39 is 5.91 Å². The molecule has 2 aromatic rings. The zero-order chi connectivity index (χ0) is 12.4. The average Bonchev–Trinajstić information content (AvgIpc) is 2.62. The number of phenols is 1. The maximum Gasteiger partial charge on any atom is 0.263 e. The number of aryl methyl sites for hydroxylation is 1. The summed E-state index contributed by atoms with van der Waals surface area (Å²) >= 11 is 0. The maximum absolute atomic E-state index is 11.9. The van der Waals surface area contributed by atoms with Gasteiger partial charge in [0.25, 0.3) is 5.91 Å². The molecule has 0 bridgehead atoms. The van der Waals surface area contributed by atoms with Gasteiger partial charge in [-0.05, 0) is 19.1 Å². The predicted molar refractivity (Wildman–Crippen MR) is 61.7 cm³/mol. The maximum atomic E-state index is 11.9. The quantitative estimate of drug-likeness (QED) is 0.682. The summed E-state index contributed by atoms with van der Waals surface area (Å²) in [5.41, 5.74) is 6.36. The molecule has 0 aliphatic heterocycles. The van der Waals surface area contributed by atoms with Crippen molar-refractivity contribution in [1.82, 2.24) is 5.16 Å². The van der Waals surface area contributed by atoms with Gasteiger partial charge in [-0.3, -0.25) is 4.79 Å². The lowest BCUT2D eigenvalue weighted by molar-refractivity contribution is 0.102. The Morgan fingerprint density at radius 3 is 2.76 bits per heavy atom. The Labute approximate surface area is 97.0 Å². The molecule has 88 valence electrons. The lowest BCUT2D eigenvalue weighted by Crippen LogP contribution is -2.14. The van der Waals surface area contributed by atoms with E-state index in [1.54, 1.807) is 25.1 Å². The molecule has 6 nitrogen and oxygen atoms in total. The first-order chi connectivity index (χ1) is 8.09. The molecule has 1 heterocycles. The number of nitrogens with two attached hydrogens (primary N) is 1. The van der Waals surface area contributed by atoms with Crippen LogP contribution in [0.15, 0.2) is 28.8 Å². The molecule has 0 spiro atoms. The van der Waals surface area contributed by atoms with Crippen LogP contribution in [0.1, 0.15) is 16.1 Å². The lowest BCUT2D eigenvalue weighted by atomic mass is 10.2. The molecule has 0 unspecified atom stereocenters. The van der Waals surface area contributed by atoms with Crippen LogP contribution in [0.25, 0.3) is 0 Å². The highest BCUT2D eigenvalue weighted by atomic mass is 16.5. The van der Waals surface area contributed by atoms with Crippen molar-refractivity contribution in [1.29, 1.82) is 0 Å². The van der Waals surface area contributed by atoms with E-state index in [1.807, 2.05) is 0 Å². The number of nitrogens with one attached hydrogen (secondary N) is 1. The minimum Gasteiger partial charge on any atom is -0.506 e. The standard InChI is InChI=1S/C11H11N3O3/c1-6-9(10(12)17-14-6)11(16)13-7-4-2-3-5-8(7)15/h2-5,15H,12H2,1H3,(H,13,16). The van der Waals surface area contributed by atoms with Crippen LogP contribution in [0, 0.1) is 6.92 Å². The Morgan fingerprint density at radius 2 is 2.18 bits per heavy atom. The van der Waals surface area contributed by atoms with Gasteiger partial charge < -0.3 is 20.7 Å². The van der Waals surface area contributed by atoms with Crippen LogP contribution in [-0.4, -0.2) is 16.2 Å². The SMILES string of the molecule is Cc1noc(N)c1C(=O)Nc1ccccc1O. The van der Waals surface area contributed by atoms with Gasteiger partial charge in [0.15, 0.2) is 0 Å². The summed E-state index contributed by atoms with van der Waals surface area (Å²) < 4.78 is 4.69. The van der Waals surface area contributed by atoms with Crippen molar-refractivity contribution in [3.63, 3.8) is 0 Å². The minimum atomic E-state index is -0.470. The molecule has 0 atom stereocenters. The van der Waals surface area contributed by atoms with Gasteiger partial charge in [0.1, 0.15) is 11.3 Å². The molecule has 0 radical (unpaired) electrons. The van der Waals surface area contributed by atoms with Crippen LogP contribution in [0.2, 0.25) is 0 Å². The smallest absolute Gasteiger partial charge is 0.263 e. The highest BCUT2D eigenvalue weighted by molar-refractivity contribution is 6.08. The van der Waals surface area contributed by atoms with E-state index in [9.17, 15) is 9.90 Å². The molecular formula is C11H11N3O3. The fraction of sp³-hybridized carbons (Fsp3) is 0.0909. The summed E-state index contributed by atoms with van der Waals surface area (Å²) in [5, 5.41) is 15.6. The number of hydrogen-bond donors (Lipinski definition) is 3. The van der Waals surface area contributed by atoms with E-state index in [2.05, 4.69) is 15.0 Å². The summed E-state index contributed by atoms with van der Waals surface area (Å²) in [6.45, 7) is 1.61. The van der Waals surface area contributed by atoms with Crippen molar-refractivity contribution >= 4 is 17.5 Å². The third kappa shape index (κ3) is 2.05. The molecule has 0 aliphatic rings. The lowest BCUT2D eigenvalue weighted by Gasteiger charge is -2.05. The number of para-hydroxylation sites is 2. The summed E-state index contributed by atoms with van der Waals surface area (Å²) in [6, 6.07) is 6.40. The number of hydrogen-bond acceptors (Lipinski definition) is 5.